The number of aliphatic hydroxyl groups is 1. The third-order valence-corrected chi connectivity index (χ3v) is 6.39. The standard InChI is InChI=1S/C18H22N2O3S/c21-18(16-7-3-1-4-8-16)15-19-11-13-20(14-12-19)24(22,23)17-9-5-2-6-10-17/h1-10,18,21H,11-15H2/p+1/t18-/m1/s1. The minimum Gasteiger partial charge on any atom is -0.382 e. The van der Waals surface area contributed by atoms with E-state index in [9.17, 15) is 13.5 Å². The Balaban J connectivity index is 1.58. The van der Waals surface area contributed by atoms with Crippen LogP contribution in [0.1, 0.15) is 11.7 Å². The Morgan fingerprint density at radius 1 is 0.958 bits per heavy atom. The topological polar surface area (TPSA) is 62.0 Å². The molecule has 1 fully saturated rings. The molecule has 3 rings (SSSR count). The van der Waals surface area contributed by atoms with Gasteiger partial charge in [0.2, 0.25) is 10.0 Å². The average Bonchev–Trinajstić information content (AvgIpc) is 2.63. The Morgan fingerprint density at radius 2 is 1.50 bits per heavy atom. The quantitative estimate of drug-likeness (QED) is 0.818. The van der Waals surface area contributed by atoms with Gasteiger partial charge in [0.15, 0.2) is 0 Å². The molecule has 0 spiro atoms. The normalized spacial score (nSPS) is 18.4. The zero-order chi connectivity index (χ0) is 17.0. The van der Waals surface area contributed by atoms with E-state index in [1.807, 2.05) is 36.4 Å². The predicted octanol–water partition coefficient (Wildman–Crippen LogP) is 0.309. The largest absolute Gasteiger partial charge is 0.382 e. The Hall–Kier alpha value is -1.73. The van der Waals surface area contributed by atoms with E-state index >= 15 is 0 Å². The van der Waals surface area contributed by atoms with Crippen LogP contribution in [0, 0.1) is 0 Å². The lowest BCUT2D eigenvalue weighted by Gasteiger charge is -2.32. The van der Waals surface area contributed by atoms with Crippen molar-refractivity contribution in [1.29, 1.82) is 0 Å². The van der Waals surface area contributed by atoms with Crippen LogP contribution >= 0.6 is 0 Å². The number of rotatable bonds is 5. The first kappa shape index (κ1) is 17.1. The van der Waals surface area contributed by atoms with Crippen LogP contribution in [0.5, 0.6) is 0 Å². The Bertz CT molecular complexity index is 742. The number of nitrogens with zero attached hydrogens (tertiary/aromatic N) is 1. The molecule has 0 bridgehead atoms. The van der Waals surface area contributed by atoms with Gasteiger partial charge in [-0.05, 0) is 17.7 Å². The third-order valence-electron chi connectivity index (χ3n) is 4.48. The van der Waals surface area contributed by atoms with Crippen LogP contribution in [0.25, 0.3) is 0 Å². The van der Waals surface area contributed by atoms with Gasteiger partial charge in [0, 0.05) is 0 Å². The summed E-state index contributed by atoms with van der Waals surface area (Å²) in [4.78, 5) is 1.57. The third kappa shape index (κ3) is 3.84. The number of aliphatic hydroxyl groups excluding tert-OH is 1. The lowest BCUT2D eigenvalue weighted by Crippen LogP contribution is -3.15. The van der Waals surface area contributed by atoms with Crippen LogP contribution < -0.4 is 4.90 Å². The molecule has 0 unspecified atom stereocenters. The highest BCUT2D eigenvalue weighted by atomic mass is 32.2. The summed E-state index contributed by atoms with van der Waals surface area (Å²) >= 11 is 0. The smallest absolute Gasteiger partial charge is 0.243 e. The van der Waals surface area contributed by atoms with Crippen LogP contribution in [0.15, 0.2) is 65.6 Å². The fourth-order valence-electron chi connectivity index (χ4n) is 3.05. The van der Waals surface area contributed by atoms with Crippen LogP contribution in [0.2, 0.25) is 0 Å². The van der Waals surface area contributed by atoms with E-state index in [1.54, 1.807) is 28.6 Å². The van der Waals surface area contributed by atoms with Gasteiger partial charge in [-0.15, -0.1) is 0 Å². The Kier molecular flexibility index (Phi) is 5.30. The monoisotopic (exact) mass is 347 g/mol. The van der Waals surface area contributed by atoms with Crippen LogP contribution in [-0.2, 0) is 10.0 Å². The first-order chi connectivity index (χ1) is 11.6. The van der Waals surface area contributed by atoms with Gasteiger partial charge in [-0.3, -0.25) is 0 Å². The minimum atomic E-state index is -3.41. The van der Waals surface area contributed by atoms with Crippen LogP contribution in [-0.4, -0.2) is 50.6 Å². The maximum atomic E-state index is 12.6. The van der Waals surface area contributed by atoms with Gasteiger partial charge in [-0.1, -0.05) is 48.5 Å². The highest BCUT2D eigenvalue weighted by molar-refractivity contribution is 7.89. The Labute approximate surface area is 143 Å². The molecule has 1 atom stereocenters. The Morgan fingerprint density at radius 3 is 2.08 bits per heavy atom. The highest BCUT2D eigenvalue weighted by Gasteiger charge is 2.31. The molecule has 0 radical (unpaired) electrons. The first-order valence-corrected chi connectivity index (χ1v) is 9.63. The summed E-state index contributed by atoms with van der Waals surface area (Å²) in [5.41, 5.74) is 0.907. The predicted molar refractivity (Wildman–Crippen MR) is 92.2 cm³/mol. The lowest BCUT2D eigenvalue weighted by atomic mass is 10.1. The van der Waals surface area contributed by atoms with Gasteiger partial charge in [0.05, 0.1) is 31.1 Å². The van der Waals surface area contributed by atoms with Gasteiger partial charge in [-0.25, -0.2) is 8.42 Å². The van der Waals surface area contributed by atoms with Crippen molar-refractivity contribution in [2.75, 3.05) is 32.7 Å². The summed E-state index contributed by atoms with van der Waals surface area (Å²) in [6.45, 7) is 2.97. The SMILES string of the molecule is O=S(=O)(c1ccccc1)N1CC[NH+](C[C@@H](O)c2ccccc2)CC1. The van der Waals surface area contributed by atoms with Gasteiger partial charge in [0.25, 0.3) is 0 Å². The number of benzene rings is 2. The highest BCUT2D eigenvalue weighted by Crippen LogP contribution is 2.15. The second kappa shape index (κ2) is 7.44. The number of piperazine rings is 1. The molecule has 0 amide bonds. The summed E-state index contributed by atoms with van der Waals surface area (Å²) in [6.07, 6.45) is -0.515. The van der Waals surface area contributed by atoms with Crippen molar-refractivity contribution in [3.63, 3.8) is 0 Å². The number of quaternary nitrogens is 1. The summed E-state index contributed by atoms with van der Waals surface area (Å²) < 4.78 is 26.8. The van der Waals surface area contributed by atoms with E-state index in [4.69, 9.17) is 0 Å². The molecule has 2 N–H and O–H groups in total. The second-order valence-corrected chi connectivity index (χ2v) is 8.04. The van der Waals surface area contributed by atoms with Gasteiger partial charge in [0.1, 0.15) is 12.6 Å². The van der Waals surface area contributed by atoms with Crippen LogP contribution in [0.4, 0.5) is 0 Å². The molecule has 2 aromatic carbocycles. The van der Waals surface area contributed by atoms with Crippen molar-refractivity contribution in [1.82, 2.24) is 4.31 Å². The molecule has 0 saturated carbocycles. The molecule has 0 aromatic heterocycles. The van der Waals surface area contributed by atoms with Gasteiger partial charge < -0.3 is 10.0 Å². The lowest BCUT2D eigenvalue weighted by molar-refractivity contribution is -0.907. The molecule has 6 heteroatoms. The van der Waals surface area contributed by atoms with Crippen molar-refractivity contribution >= 4 is 10.0 Å². The molecule has 1 heterocycles. The molecule has 0 aliphatic carbocycles. The molecule has 24 heavy (non-hydrogen) atoms. The van der Waals surface area contributed by atoms with Crippen molar-refractivity contribution in [2.45, 2.75) is 11.0 Å². The van der Waals surface area contributed by atoms with E-state index < -0.39 is 16.1 Å². The van der Waals surface area contributed by atoms with Crippen molar-refractivity contribution in [3.05, 3.63) is 66.2 Å². The van der Waals surface area contributed by atoms with Crippen LogP contribution in [0.3, 0.4) is 0 Å². The summed E-state index contributed by atoms with van der Waals surface area (Å²) in [5, 5.41) is 10.3. The maximum Gasteiger partial charge on any atom is 0.243 e. The van der Waals surface area contributed by atoms with E-state index in [1.165, 1.54) is 4.90 Å². The van der Waals surface area contributed by atoms with Crippen molar-refractivity contribution in [2.24, 2.45) is 0 Å². The average molecular weight is 347 g/mol. The number of nitrogens with one attached hydrogen (secondary N) is 1. The van der Waals surface area contributed by atoms with Crippen molar-refractivity contribution in [3.8, 4) is 0 Å². The molecule has 1 aliphatic heterocycles. The van der Waals surface area contributed by atoms with E-state index in [0.29, 0.717) is 37.6 Å². The van der Waals surface area contributed by atoms with E-state index in [2.05, 4.69) is 0 Å². The van der Waals surface area contributed by atoms with Crippen molar-refractivity contribution < 1.29 is 18.4 Å². The fraction of sp³-hybridized carbons (Fsp3) is 0.333. The summed E-state index contributed by atoms with van der Waals surface area (Å²) in [6, 6.07) is 18.1. The fourth-order valence-corrected chi connectivity index (χ4v) is 4.52. The first-order valence-electron chi connectivity index (χ1n) is 8.19. The molecule has 1 aliphatic rings. The zero-order valence-corrected chi connectivity index (χ0v) is 14.3. The molecular formula is C18H23N2O3S+. The molecule has 1 saturated heterocycles. The maximum absolute atomic E-state index is 12.6. The summed E-state index contributed by atoms with van der Waals surface area (Å²) in [7, 11) is -3.41. The number of hydrogen-bond acceptors (Lipinski definition) is 3. The number of sulfonamides is 1. The van der Waals surface area contributed by atoms with Gasteiger partial charge >= 0.3 is 0 Å². The minimum absolute atomic E-state index is 0.345. The molecular weight excluding hydrogens is 324 g/mol. The van der Waals surface area contributed by atoms with Gasteiger partial charge in [-0.2, -0.15) is 4.31 Å². The zero-order valence-electron chi connectivity index (χ0n) is 13.5. The molecule has 5 nitrogen and oxygen atoms in total. The van der Waals surface area contributed by atoms with E-state index in [0.717, 1.165) is 5.56 Å². The number of hydrogen-bond donors (Lipinski definition) is 2. The second-order valence-electron chi connectivity index (χ2n) is 6.10. The molecule has 2 aromatic rings. The molecule has 128 valence electrons. The van der Waals surface area contributed by atoms with E-state index in [-0.39, 0.29) is 0 Å². The summed E-state index contributed by atoms with van der Waals surface area (Å²) in [5.74, 6) is 0.